The van der Waals surface area contributed by atoms with Crippen LogP contribution in [0.5, 0.6) is 0 Å². The van der Waals surface area contributed by atoms with E-state index in [1.54, 1.807) is 0 Å². The zero-order chi connectivity index (χ0) is 11.3. The fourth-order valence-electron chi connectivity index (χ4n) is 1.68. The summed E-state index contributed by atoms with van der Waals surface area (Å²) in [6.45, 7) is 6.56. The number of nitrogens with one attached hydrogen (secondary N) is 1. The number of nitrogens with zero attached hydrogens (tertiary/aromatic N) is 2. The van der Waals surface area contributed by atoms with Gasteiger partial charge in [-0.3, -0.25) is 0 Å². The van der Waals surface area contributed by atoms with E-state index in [1.165, 1.54) is 12.8 Å². The van der Waals surface area contributed by atoms with Gasteiger partial charge in [-0.25, -0.2) is 0 Å². The van der Waals surface area contributed by atoms with Crippen LogP contribution < -0.4 is 5.32 Å². The Labute approximate surface area is 93.5 Å². The average molecular weight is 209 g/mol. The zero-order valence-corrected chi connectivity index (χ0v) is 10.2. The van der Waals surface area contributed by atoms with Gasteiger partial charge in [0.2, 0.25) is 0 Å². The van der Waals surface area contributed by atoms with Gasteiger partial charge in [0.05, 0.1) is 12.5 Å². The Morgan fingerprint density at radius 1 is 1.47 bits per heavy atom. The predicted octanol–water partition coefficient (Wildman–Crippen LogP) is 1.61. The summed E-state index contributed by atoms with van der Waals surface area (Å²) in [5, 5.41) is 12.2. The van der Waals surface area contributed by atoms with E-state index in [2.05, 4.69) is 37.2 Å². The van der Waals surface area contributed by atoms with E-state index in [-0.39, 0.29) is 0 Å². The molecule has 0 spiro atoms. The topological polar surface area (TPSA) is 39.1 Å². The maximum absolute atomic E-state index is 8.62. The highest BCUT2D eigenvalue weighted by Gasteiger charge is 2.21. The van der Waals surface area contributed by atoms with Crippen molar-refractivity contribution in [3.05, 3.63) is 0 Å². The SMILES string of the molecule is CC(CNC1CC1)CN(C)C(C)CC#N. The summed E-state index contributed by atoms with van der Waals surface area (Å²) in [5.74, 6) is 0.664. The Morgan fingerprint density at radius 2 is 2.13 bits per heavy atom. The largest absolute Gasteiger partial charge is 0.314 e. The number of hydrogen-bond donors (Lipinski definition) is 1. The molecular formula is C12H23N3. The van der Waals surface area contributed by atoms with Gasteiger partial charge < -0.3 is 10.2 Å². The Morgan fingerprint density at radius 3 is 2.67 bits per heavy atom. The average Bonchev–Trinajstić information content (AvgIpc) is 2.98. The van der Waals surface area contributed by atoms with Gasteiger partial charge in [0.1, 0.15) is 0 Å². The fourth-order valence-corrected chi connectivity index (χ4v) is 1.68. The molecule has 1 aliphatic carbocycles. The molecule has 1 fully saturated rings. The summed E-state index contributed by atoms with van der Waals surface area (Å²) in [5.41, 5.74) is 0. The highest BCUT2D eigenvalue weighted by molar-refractivity contribution is 4.82. The molecule has 0 heterocycles. The Hall–Kier alpha value is -0.590. The monoisotopic (exact) mass is 209 g/mol. The molecule has 2 atom stereocenters. The molecular weight excluding hydrogens is 186 g/mol. The minimum absolute atomic E-state index is 0.373. The highest BCUT2D eigenvalue weighted by Crippen LogP contribution is 2.18. The standard InChI is InChI=1S/C12H23N3/c1-10(8-14-12-4-5-12)9-15(3)11(2)6-7-13/h10-12,14H,4-6,8-9H2,1-3H3. The van der Waals surface area contributed by atoms with Crippen LogP contribution >= 0.6 is 0 Å². The van der Waals surface area contributed by atoms with Crippen LogP contribution in [0.25, 0.3) is 0 Å². The molecule has 2 unspecified atom stereocenters. The van der Waals surface area contributed by atoms with Crippen LogP contribution in [0.4, 0.5) is 0 Å². The third-order valence-electron chi connectivity index (χ3n) is 3.07. The molecule has 0 amide bonds. The zero-order valence-electron chi connectivity index (χ0n) is 10.2. The van der Waals surface area contributed by atoms with E-state index in [0.29, 0.717) is 18.4 Å². The lowest BCUT2D eigenvalue weighted by Gasteiger charge is -2.26. The maximum atomic E-state index is 8.62. The van der Waals surface area contributed by atoms with Crippen LogP contribution in [-0.2, 0) is 0 Å². The van der Waals surface area contributed by atoms with Gasteiger partial charge >= 0.3 is 0 Å². The van der Waals surface area contributed by atoms with Crippen LogP contribution in [0.2, 0.25) is 0 Å². The molecule has 3 nitrogen and oxygen atoms in total. The van der Waals surface area contributed by atoms with Crippen molar-refractivity contribution in [3.63, 3.8) is 0 Å². The second-order valence-electron chi connectivity index (χ2n) is 4.94. The minimum atomic E-state index is 0.373. The first kappa shape index (κ1) is 12.5. The molecule has 0 aromatic heterocycles. The van der Waals surface area contributed by atoms with Crippen molar-refractivity contribution in [1.82, 2.24) is 10.2 Å². The van der Waals surface area contributed by atoms with Crippen molar-refractivity contribution < 1.29 is 0 Å². The third kappa shape index (κ3) is 5.15. The first-order chi connectivity index (χ1) is 7.13. The van der Waals surface area contributed by atoms with E-state index < -0.39 is 0 Å². The molecule has 1 saturated carbocycles. The molecule has 86 valence electrons. The second-order valence-corrected chi connectivity index (χ2v) is 4.94. The van der Waals surface area contributed by atoms with E-state index in [1.807, 2.05) is 0 Å². The number of nitriles is 1. The fraction of sp³-hybridized carbons (Fsp3) is 0.917. The summed E-state index contributed by atoms with van der Waals surface area (Å²) in [6, 6.07) is 3.40. The first-order valence-corrected chi connectivity index (χ1v) is 5.94. The lowest BCUT2D eigenvalue weighted by molar-refractivity contribution is 0.224. The van der Waals surface area contributed by atoms with E-state index >= 15 is 0 Å². The quantitative estimate of drug-likeness (QED) is 0.692. The maximum Gasteiger partial charge on any atom is 0.0638 e. The van der Waals surface area contributed by atoms with Crippen molar-refractivity contribution in [2.45, 2.75) is 45.2 Å². The van der Waals surface area contributed by atoms with E-state index in [9.17, 15) is 0 Å². The van der Waals surface area contributed by atoms with Crippen molar-refractivity contribution >= 4 is 0 Å². The van der Waals surface area contributed by atoms with Crippen LogP contribution in [0.15, 0.2) is 0 Å². The molecule has 0 radical (unpaired) electrons. The summed E-state index contributed by atoms with van der Waals surface area (Å²) < 4.78 is 0. The molecule has 15 heavy (non-hydrogen) atoms. The van der Waals surface area contributed by atoms with Gasteiger partial charge in [0.25, 0.3) is 0 Å². The summed E-state index contributed by atoms with van der Waals surface area (Å²) in [7, 11) is 2.11. The minimum Gasteiger partial charge on any atom is -0.314 e. The molecule has 1 rings (SSSR count). The van der Waals surface area contributed by atoms with Gasteiger partial charge in [-0.1, -0.05) is 6.92 Å². The van der Waals surface area contributed by atoms with Crippen molar-refractivity contribution in [2.24, 2.45) is 5.92 Å². The van der Waals surface area contributed by atoms with Crippen LogP contribution in [0, 0.1) is 17.2 Å². The Bertz CT molecular complexity index is 217. The second kappa shape index (κ2) is 6.09. The predicted molar refractivity (Wildman–Crippen MR) is 62.5 cm³/mol. The van der Waals surface area contributed by atoms with E-state index in [0.717, 1.165) is 19.1 Å². The molecule has 0 aromatic rings. The lowest BCUT2D eigenvalue weighted by Crippen LogP contribution is -2.36. The van der Waals surface area contributed by atoms with Gasteiger partial charge in [-0.15, -0.1) is 0 Å². The van der Waals surface area contributed by atoms with Crippen LogP contribution in [0.1, 0.15) is 33.1 Å². The van der Waals surface area contributed by atoms with Crippen LogP contribution in [-0.4, -0.2) is 37.1 Å². The summed E-state index contributed by atoms with van der Waals surface area (Å²) in [6.07, 6.45) is 3.33. The van der Waals surface area contributed by atoms with Crippen molar-refractivity contribution in [1.29, 1.82) is 5.26 Å². The lowest BCUT2D eigenvalue weighted by atomic mass is 10.1. The molecule has 0 aliphatic heterocycles. The van der Waals surface area contributed by atoms with Crippen molar-refractivity contribution in [3.8, 4) is 6.07 Å². The number of hydrogen-bond acceptors (Lipinski definition) is 3. The Kier molecular flexibility index (Phi) is 5.07. The van der Waals surface area contributed by atoms with Crippen molar-refractivity contribution in [2.75, 3.05) is 20.1 Å². The third-order valence-corrected chi connectivity index (χ3v) is 3.07. The smallest absolute Gasteiger partial charge is 0.0638 e. The first-order valence-electron chi connectivity index (χ1n) is 5.94. The molecule has 1 N–H and O–H groups in total. The van der Waals surface area contributed by atoms with Gasteiger partial charge in [-0.05, 0) is 39.3 Å². The molecule has 1 aliphatic rings. The highest BCUT2D eigenvalue weighted by atomic mass is 15.1. The summed E-state index contributed by atoms with van der Waals surface area (Å²) in [4.78, 5) is 2.28. The van der Waals surface area contributed by atoms with Crippen LogP contribution in [0.3, 0.4) is 0 Å². The van der Waals surface area contributed by atoms with Gasteiger partial charge in [0.15, 0.2) is 0 Å². The molecule has 3 heteroatoms. The van der Waals surface area contributed by atoms with Gasteiger partial charge in [0, 0.05) is 18.6 Å². The summed E-state index contributed by atoms with van der Waals surface area (Å²) >= 11 is 0. The normalized spacial score (nSPS) is 19.9. The molecule has 0 aromatic carbocycles. The van der Waals surface area contributed by atoms with Gasteiger partial charge in [-0.2, -0.15) is 5.26 Å². The molecule has 0 saturated heterocycles. The van der Waals surface area contributed by atoms with E-state index in [4.69, 9.17) is 5.26 Å². The Balaban J connectivity index is 2.11. The number of rotatable bonds is 7. The molecule has 0 bridgehead atoms.